The fourth-order valence-corrected chi connectivity index (χ4v) is 2.86. The van der Waals surface area contributed by atoms with Crippen LogP contribution in [0.3, 0.4) is 0 Å². The first-order valence-electron chi connectivity index (χ1n) is 7.64. The number of carbonyl (C=O) groups is 1. The van der Waals surface area contributed by atoms with Crippen molar-refractivity contribution in [3.05, 3.63) is 54.4 Å². The van der Waals surface area contributed by atoms with Crippen molar-refractivity contribution in [1.82, 2.24) is 10.3 Å². The minimum absolute atomic E-state index is 0.0413. The van der Waals surface area contributed by atoms with Crippen LogP contribution in [0.4, 0.5) is 0 Å². The molecule has 0 spiro atoms. The SMILES string of the molecule is O=C(NC1CCCCC1)c1ccc(-c2cccnc2)cc1. The molecule has 21 heavy (non-hydrogen) atoms. The molecule has 3 rings (SSSR count). The number of carbonyl (C=O) groups excluding carboxylic acids is 1. The van der Waals surface area contributed by atoms with Gasteiger partial charge in [0.05, 0.1) is 0 Å². The highest BCUT2D eigenvalue weighted by Gasteiger charge is 2.16. The Kier molecular flexibility index (Phi) is 4.29. The van der Waals surface area contributed by atoms with Crippen molar-refractivity contribution < 1.29 is 4.79 Å². The number of nitrogens with zero attached hydrogens (tertiary/aromatic N) is 1. The molecule has 1 aromatic heterocycles. The van der Waals surface area contributed by atoms with Crippen molar-refractivity contribution in [3.8, 4) is 11.1 Å². The summed E-state index contributed by atoms with van der Waals surface area (Å²) in [4.78, 5) is 16.4. The molecule has 1 aliphatic carbocycles. The Labute approximate surface area is 125 Å². The molecular formula is C18H20N2O. The van der Waals surface area contributed by atoms with Crippen LogP contribution in [0, 0.1) is 0 Å². The number of hydrogen-bond acceptors (Lipinski definition) is 2. The van der Waals surface area contributed by atoms with Crippen LogP contribution in [0.15, 0.2) is 48.8 Å². The van der Waals surface area contributed by atoms with Gasteiger partial charge in [0, 0.05) is 24.0 Å². The van der Waals surface area contributed by atoms with Gasteiger partial charge >= 0.3 is 0 Å². The van der Waals surface area contributed by atoms with E-state index in [1.54, 1.807) is 6.20 Å². The number of rotatable bonds is 3. The van der Waals surface area contributed by atoms with Crippen LogP contribution in [-0.2, 0) is 0 Å². The molecule has 1 N–H and O–H groups in total. The summed E-state index contributed by atoms with van der Waals surface area (Å²) in [5, 5.41) is 3.14. The lowest BCUT2D eigenvalue weighted by Crippen LogP contribution is -2.36. The zero-order valence-corrected chi connectivity index (χ0v) is 12.1. The number of benzene rings is 1. The fourth-order valence-electron chi connectivity index (χ4n) is 2.86. The monoisotopic (exact) mass is 280 g/mol. The molecule has 1 aromatic carbocycles. The molecule has 0 saturated heterocycles. The normalized spacial score (nSPS) is 15.6. The lowest BCUT2D eigenvalue weighted by atomic mass is 9.95. The van der Waals surface area contributed by atoms with E-state index < -0.39 is 0 Å². The second-order valence-corrected chi connectivity index (χ2v) is 5.63. The van der Waals surface area contributed by atoms with E-state index in [0.717, 1.165) is 29.5 Å². The molecule has 3 heteroatoms. The second-order valence-electron chi connectivity index (χ2n) is 5.63. The van der Waals surface area contributed by atoms with Crippen molar-refractivity contribution in [2.24, 2.45) is 0 Å². The lowest BCUT2D eigenvalue weighted by molar-refractivity contribution is 0.0928. The number of nitrogens with one attached hydrogen (secondary N) is 1. The molecule has 0 bridgehead atoms. The third-order valence-electron chi connectivity index (χ3n) is 4.08. The molecule has 1 amide bonds. The molecule has 0 aliphatic heterocycles. The quantitative estimate of drug-likeness (QED) is 0.929. The average Bonchev–Trinajstić information content (AvgIpc) is 2.57. The Hall–Kier alpha value is -2.16. The van der Waals surface area contributed by atoms with E-state index in [0.29, 0.717) is 6.04 Å². The van der Waals surface area contributed by atoms with Gasteiger partial charge in [0.1, 0.15) is 0 Å². The zero-order chi connectivity index (χ0) is 14.5. The van der Waals surface area contributed by atoms with E-state index in [-0.39, 0.29) is 5.91 Å². The van der Waals surface area contributed by atoms with Crippen molar-refractivity contribution in [3.63, 3.8) is 0 Å². The molecule has 2 aromatic rings. The van der Waals surface area contributed by atoms with Gasteiger partial charge in [0.15, 0.2) is 0 Å². The summed E-state index contributed by atoms with van der Waals surface area (Å²) in [6.45, 7) is 0. The Morgan fingerprint density at radius 3 is 2.43 bits per heavy atom. The maximum absolute atomic E-state index is 12.2. The summed E-state index contributed by atoms with van der Waals surface area (Å²) < 4.78 is 0. The standard InChI is InChI=1S/C18H20N2O/c21-18(20-17-6-2-1-3-7-17)15-10-8-14(9-11-15)16-5-4-12-19-13-16/h4-5,8-13,17H,1-3,6-7H2,(H,20,21). The van der Waals surface area contributed by atoms with E-state index in [4.69, 9.17) is 0 Å². The van der Waals surface area contributed by atoms with Gasteiger partial charge in [-0.05, 0) is 42.2 Å². The number of hydrogen-bond donors (Lipinski definition) is 1. The van der Waals surface area contributed by atoms with Gasteiger partial charge in [-0.15, -0.1) is 0 Å². The smallest absolute Gasteiger partial charge is 0.251 e. The molecule has 0 atom stereocenters. The van der Waals surface area contributed by atoms with E-state index in [1.807, 2.05) is 42.6 Å². The van der Waals surface area contributed by atoms with Crippen LogP contribution < -0.4 is 5.32 Å². The maximum Gasteiger partial charge on any atom is 0.251 e. The minimum atomic E-state index is 0.0413. The topological polar surface area (TPSA) is 42.0 Å². The van der Waals surface area contributed by atoms with Crippen LogP contribution in [0.25, 0.3) is 11.1 Å². The molecule has 1 fully saturated rings. The summed E-state index contributed by atoms with van der Waals surface area (Å²) in [6, 6.07) is 12.0. The van der Waals surface area contributed by atoms with Gasteiger partial charge < -0.3 is 5.32 Å². The Balaban J connectivity index is 1.67. The van der Waals surface area contributed by atoms with E-state index in [9.17, 15) is 4.79 Å². The van der Waals surface area contributed by atoms with E-state index in [2.05, 4.69) is 10.3 Å². The van der Waals surface area contributed by atoms with Crippen molar-refractivity contribution in [1.29, 1.82) is 0 Å². The first-order chi connectivity index (χ1) is 10.3. The van der Waals surface area contributed by atoms with E-state index in [1.165, 1.54) is 19.3 Å². The third kappa shape index (κ3) is 3.48. The summed E-state index contributed by atoms with van der Waals surface area (Å²) in [5.74, 6) is 0.0413. The van der Waals surface area contributed by atoms with Gasteiger partial charge in [-0.25, -0.2) is 0 Å². The Bertz CT molecular complexity index is 586. The van der Waals surface area contributed by atoms with Crippen LogP contribution >= 0.6 is 0 Å². The van der Waals surface area contributed by atoms with Crippen LogP contribution in [0.1, 0.15) is 42.5 Å². The predicted molar refractivity (Wildman–Crippen MR) is 84.0 cm³/mol. The molecule has 0 unspecified atom stereocenters. The van der Waals surface area contributed by atoms with Crippen molar-refractivity contribution in [2.75, 3.05) is 0 Å². The van der Waals surface area contributed by atoms with Crippen LogP contribution in [0.5, 0.6) is 0 Å². The number of aromatic nitrogens is 1. The molecule has 1 heterocycles. The Morgan fingerprint density at radius 2 is 1.76 bits per heavy atom. The first kappa shape index (κ1) is 13.8. The minimum Gasteiger partial charge on any atom is -0.349 e. The highest BCUT2D eigenvalue weighted by molar-refractivity contribution is 5.94. The molecule has 108 valence electrons. The van der Waals surface area contributed by atoms with Gasteiger partial charge in [0.2, 0.25) is 0 Å². The van der Waals surface area contributed by atoms with Gasteiger partial charge in [-0.2, -0.15) is 0 Å². The number of pyridine rings is 1. The largest absolute Gasteiger partial charge is 0.349 e. The average molecular weight is 280 g/mol. The first-order valence-corrected chi connectivity index (χ1v) is 7.64. The fraction of sp³-hybridized carbons (Fsp3) is 0.333. The van der Waals surface area contributed by atoms with Crippen molar-refractivity contribution >= 4 is 5.91 Å². The summed E-state index contributed by atoms with van der Waals surface area (Å²) in [7, 11) is 0. The van der Waals surface area contributed by atoms with Gasteiger partial charge in [-0.1, -0.05) is 37.5 Å². The molecular weight excluding hydrogens is 260 g/mol. The van der Waals surface area contributed by atoms with Gasteiger partial charge in [0.25, 0.3) is 5.91 Å². The maximum atomic E-state index is 12.2. The summed E-state index contributed by atoms with van der Waals surface area (Å²) in [5.41, 5.74) is 2.88. The molecule has 3 nitrogen and oxygen atoms in total. The number of amides is 1. The highest BCUT2D eigenvalue weighted by atomic mass is 16.1. The summed E-state index contributed by atoms with van der Waals surface area (Å²) >= 11 is 0. The summed E-state index contributed by atoms with van der Waals surface area (Å²) in [6.07, 6.45) is 9.56. The third-order valence-corrected chi connectivity index (χ3v) is 4.08. The lowest BCUT2D eigenvalue weighted by Gasteiger charge is -2.22. The van der Waals surface area contributed by atoms with Crippen LogP contribution in [0.2, 0.25) is 0 Å². The van der Waals surface area contributed by atoms with Crippen LogP contribution in [-0.4, -0.2) is 16.9 Å². The zero-order valence-electron chi connectivity index (χ0n) is 12.1. The molecule has 0 radical (unpaired) electrons. The predicted octanol–water partition coefficient (Wildman–Crippen LogP) is 3.81. The van der Waals surface area contributed by atoms with E-state index >= 15 is 0 Å². The molecule has 1 aliphatic rings. The van der Waals surface area contributed by atoms with Crippen molar-refractivity contribution in [2.45, 2.75) is 38.1 Å². The molecule has 1 saturated carbocycles. The second kappa shape index (κ2) is 6.53. The van der Waals surface area contributed by atoms with Gasteiger partial charge in [-0.3, -0.25) is 9.78 Å². The highest BCUT2D eigenvalue weighted by Crippen LogP contribution is 2.20. The Morgan fingerprint density at radius 1 is 1.00 bits per heavy atom.